The maximum atomic E-state index is 11.7. The Morgan fingerprint density at radius 3 is 2.76 bits per heavy atom. The lowest BCUT2D eigenvalue weighted by atomic mass is 10.1. The van der Waals surface area contributed by atoms with E-state index in [4.69, 9.17) is 0 Å². The van der Waals surface area contributed by atoms with Crippen molar-refractivity contribution in [3.8, 4) is 11.3 Å². The van der Waals surface area contributed by atoms with Crippen molar-refractivity contribution in [3.63, 3.8) is 0 Å². The van der Waals surface area contributed by atoms with Crippen molar-refractivity contribution in [2.45, 2.75) is 19.8 Å². The van der Waals surface area contributed by atoms with Crippen LogP contribution < -0.4 is 5.32 Å². The first kappa shape index (κ1) is 14.8. The van der Waals surface area contributed by atoms with Crippen molar-refractivity contribution in [2.75, 3.05) is 12.4 Å². The minimum atomic E-state index is -0.397. The number of aromatic amines is 1. The van der Waals surface area contributed by atoms with Gasteiger partial charge in [-0.1, -0.05) is 12.1 Å². The van der Waals surface area contributed by atoms with Crippen molar-refractivity contribution >= 4 is 17.6 Å². The molecule has 0 aliphatic carbocycles. The van der Waals surface area contributed by atoms with E-state index in [1.165, 1.54) is 7.11 Å². The number of amides is 1. The number of aromatic nitrogens is 2. The number of nitrogens with one attached hydrogen (secondary N) is 2. The maximum Gasteiger partial charge on any atom is 0.306 e. The van der Waals surface area contributed by atoms with E-state index in [-0.39, 0.29) is 18.7 Å². The Morgan fingerprint density at radius 1 is 1.29 bits per heavy atom. The lowest BCUT2D eigenvalue weighted by molar-refractivity contribution is -0.141. The summed E-state index contributed by atoms with van der Waals surface area (Å²) in [4.78, 5) is 22.7. The number of benzene rings is 1. The molecule has 6 heteroatoms. The summed E-state index contributed by atoms with van der Waals surface area (Å²) in [6.45, 7) is 1.93. The highest BCUT2D eigenvalue weighted by Gasteiger charge is 2.08. The van der Waals surface area contributed by atoms with Crippen LogP contribution in [0.5, 0.6) is 0 Å². The number of hydrogen-bond donors (Lipinski definition) is 2. The maximum absolute atomic E-state index is 11.7. The largest absolute Gasteiger partial charge is 0.469 e. The predicted molar refractivity (Wildman–Crippen MR) is 78.6 cm³/mol. The molecule has 2 N–H and O–H groups in total. The third kappa shape index (κ3) is 4.17. The van der Waals surface area contributed by atoms with Gasteiger partial charge in [-0.05, 0) is 25.1 Å². The molecule has 2 rings (SSSR count). The summed E-state index contributed by atoms with van der Waals surface area (Å²) in [5, 5.41) is 9.81. The molecule has 0 unspecified atom stereocenters. The number of anilines is 1. The molecule has 6 nitrogen and oxygen atoms in total. The molecule has 0 saturated carbocycles. The number of carbonyl (C=O) groups excluding carboxylic acids is 2. The standard InChI is InChI=1S/C15H17N3O3/c1-10-8-13(18-17-10)11-4-3-5-12(9-11)16-14(19)6-7-15(20)21-2/h3-5,8-9H,6-7H2,1-2H3,(H,16,19)(H,17,18). The highest BCUT2D eigenvalue weighted by atomic mass is 16.5. The lowest BCUT2D eigenvalue weighted by Gasteiger charge is -2.06. The van der Waals surface area contributed by atoms with E-state index in [0.29, 0.717) is 5.69 Å². The average molecular weight is 287 g/mol. The van der Waals surface area contributed by atoms with Gasteiger partial charge in [-0.2, -0.15) is 5.10 Å². The van der Waals surface area contributed by atoms with E-state index in [2.05, 4.69) is 20.3 Å². The second kappa shape index (κ2) is 6.69. The van der Waals surface area contributed by atoms with Crippen molar-refractivity contribution < 1.29 is 14.3 Å². The topological polar surface area (TPSA) is 84.1 Å². The number of carbonyl (C=O) groups is 2. The third-order valence-corrected chi connectivity index (χ3v) is 2.93. The van der Waals surface area contributed by atoms with Gasteiger partial charge in [0.2, 0.25) is 5.91 Å². The number of rotatable bonds is 5. The number of ether oxygens (including phenoxy) is 1. The number of methoxy groups -OCH3 is 1. The van der Waals surface area contributed by atoms with Crippen LogP contribution in [0, 0.1) is 6.92 Å². The van der Waals surface area contributed by atoms with Crippen molar-refractivity contribution in [3.05, 3.63) is 36.0 Å². The van der Waals surface area contributed by atoms with E-state index in [9.17, 15) is 9.59 Å². The van der Waals surface area contributed by atoms with Crippen LogP contribution >= 0.6 is 0 Å². The minimum Gasteiger partial charge on any atom is -0.469 e. The second-order valence-corrected chi connectivity index (χ2v) is 4.64. The lowest BCUT2D eigenvalue weighted by Crippen LogP contribution is -2.13. The van der Waals surface area contributed by atoms with Gasteiger partial charge in [0.1, 0.15) is 0 Å². The van der Waals surface area contributed by atoms with Crippen LogP contribution in [0.2, 0.25) is 0 Å². The summed E-state index contributed by atoms with van der Waals surface area (Å²) >= 11 is 0. The predicted octanol–water partition coefficient (Wildman–Crippen LogP) is 2.28. The van der Waals surface area contributed by atoms with E-state index in [0.717, 1.165) is 17.0 Å². The van der Waals surface area contributed by atoms with Gasteiger partial charge in [0.15, 0.2) is 0 Å². The molecule has 0 aliphatic rings. The number of nitrogens with zero attached hydrogens (tertiary/aromatic N) is 1. The van der Waals surface area contributed by atoms with Crippen LogP contribution in [-0.4, -0.2) is 29.2 Å². The molecule has 1 heterocycles. The Balaban J connectivity index is 2.01. The first-order valence-corrected chi connectivity index (χ1v) is 6.57. The number of H-pyrrole nitrogens is 1. The van der Waals surface area contributed by atoms with Crippen LogP contribution in [0.1, 0.15) is 18.5 Å². The Bertz CT molecular complexity index is 649. The van der Waals surface area contributed by atoms with E-state index < -0.39 is 5.97 Å². The smallest absolute Gasteiger partial charge is 0.306 e. The van der Waals surface area contributed by atoms with Gasteiger partial charge in [-0.25, -0.2) is 0 Å². The van der Waals surface area contributed by atoms with Crippen molar-refractivity contribution in [2.24, 2.45) is 0 Å². The first-order chi connectivity index (χ1) is 10.1. The summed E-state index contributed by atoms with van der Waals surface area (Å²) in [5.41, 5.74) is 3.36. The van der Waals surface area contributed by atoms with Gasteiger partial charge in [-0.3, -0.25) is 14.7 Å². The van der Waals surface area contributed by atoms with E-state index in [1.807, 2.05) is 31.2 Å². The molecule has 1 aromatic heterocycles. The molecule has 2 aromatic rings. The molecule has 110 valence electrons. The highest BCUT2D eigenvalue weighted by Crippen LogP contribution is 2.21. The second-order valence-electron chi connectivity index (χ2n) is 4.64. The van der Waals surface area contributed by atoms with Gasteiger partial charge in [0, 0.05) is 23.4 Å². The van der Waals surface area contributed by atoms with Crippen LogP contribution in [-0.2, 0) is 14.3 Å². The van der Waals surface area contributed by atoms with Crippen LogP contribution in [0.3, 0.4) is 0 Å². The zero-order chi connectivity index (χ0) is 15.2. The molecule has 0 saturated heterocycles. The summed E-state index contributed by atoms with van der Waals surface area (Å²) < 4.78 is 4.50. The Hall–Kier alpha value is -2.63. The number of esters is 1. The number of hydrogen-bond acceptors (Lipinski definition) is 4. The zero-order valence-corrected chi connectivity index (χ0v) is 12.0. The molecule has 0 aliphatic heterocycles. The minimum absolute atomic E-state index is 0.0700. The van der Waals surface area contributed by atoms with Crippen LogP contribution in [0.25, 0.3) is 11.3 Å². The Kier molecular flexibility index (Phi) is 4.71. The Morgan fingerprint density at radius 2 is 2.10 bits per heavy atom. The monoisotopic (exact) mass is 287 g/mol. The third-order valence-electron chi connectivity index (χ3n) is 2.93. The summed E-state index contributed by atoms with van der Waals surface area (Å²) in [6.07, 6.45) is 0.166. The summed E-state index contributed by atoms with van der Waals surface area (Å²) in [5.74, 6) is -0.623. The Labute approximate surface area is 122 Å². The molecule has 0 bridgehead atoms. The van der Waals surface area contributed by atoms with Gasteiger partial charge < -0.3 is 10.1 Å². The zero-order valence-electron chi connectivity index (χ0n) is 12.0. The van der Waals surface area contributed by atoms with Crippen molar-refractivity contribution in [1.29, 1.82) is 0 Å². The molecule has 1 amide bonds. The average Bonchev–Trinajstić information content (AvgIpc) is 2.91. The molecular formula is C15H17N3O3. The van der Waals surface area contributed by atoms with Crippen LogP contribution in [0.4, 0.5) is 5.69 Å². The molecule has 0 fully saturated rings. The van der Waals surface area contributed by atoms with Gasteiger partial charge in [0.25, 0.3) is 0 Å². The summed E-state index contributed by atoms with van der Waals surface area (Å²) in [7, 11) is 1.30. The quantitative estimate of drug-likeness (QED) is 0.826. The van der Waals surface area contributed by atoms with Crippen LogP contribution in [0.15, 0.2) is 30.3 Å². The molecule has 0 radical (unpaired) electrons. The molecule has 21 heavy (non-hydrogen) atoms. The van der Waals surface area contributed by atoms with E-state index >= 15 is 0 Å². The van der Waals surface area contributed by atoms with Gasteiger partial charge >= 0.3 is 5.97 Å². The fraction of sp³-hybridized carbons (Fsp3) is 0.267. The highest BCUT2D eigenvalue weighted by molar-refractivity contribution is 5.93. The first-order valence-electron chi connectivity index (χ1n) is 6.57. The van der Waals surface area contributed by atoms with Gasteiger partial charge in [0.05, 0.1) is 19.2 Å². The van der Waals surface area contributed by atoms with Crippen molar-refractivity contribution in [1.82, 2.24) is 10.2 Å². The SMILES string of the molecule is COC(=O)CCC(=O)Nc1cccc(-c2cc(C)[nH]n2)c1. The summed E-state index contributed by atoms with van der Waals surface area (Å²) in [6, 6.07) is 9.32. The molecule has 0 spiro atoms. The number of aryl methyl sites for hydroxylation is 1. The molecular weight excluding hydrogens is 270 g/mol. The van der Waals surface area contributed by atoms with Gasteiger partial charge in [-0.15, -0.1) is 0 Å². The van der Waals surface area contributed by atoms with E-state index in [1.54, 1.807) is 6.07 Å². The fourth-order valence-electron chi connectivity index (χ4n) is 1.86. The fourth-order valence-corrected chi connectivity index (χ4v) is 1.86. The molecule has 0 atom stereocenters. The molecule has 1 aromatic carbocycles. The normalized spacial score (nSPS) is 10.2.